The third-order valence-electron chi connectivity index (χ3n) is 2.58. The van der Waals surface area contributed by atoms with Crippen LogP contribution in [0.4, 0.5) is 0 Å². The first kappa shape index (κ1) is 14.4. The molecule has 1 aromatic carbocycles. The number of ketones is 1. The molecule has 0 atom stereocenters. The number of rotatable bonds is 6. The fourth-order valence-electron chi connectivity index (χ4n) is 1.49. The van der Waals surface area contributed by atoms with Crippen molar-refractivity contribution in [2.45, 2.75) is 25.9 Å². The Kier molecular flexibility index (Phi) is 5.04. The zero-order valence-corrected chi connectivity index (χ0v) is 10.9. The summed E-state index contributed by atoms with van der Waals surface area (Å²) in [6.07, 6.45) is 0.141. The lowest BCUT2D eigenvalue weighted by Gasteiger charge is -2.23. The number of hydrogen-bond acceptors (Lipinski definition) is 4. The smallest absolute Gasteiger partial charge is 0.307 e. The lowest BCUT2D eigenvalue weighted by atomic mass is 9.96. The molecule has 0 spiro atoms. The molecule has 0 unspecified atom stereocenters. The quantitative estimate of drug-likeness (QED) is 0.574. The van der Waals surface area contributed by atoms with Gasteiger partial charge >= 0.3 is 5.97 Å². The van der Waals surface area contributed by atoms with Gasteiger partial charge in [0, 0.05) is 5.56 Å². The van der Waals surface area contributed by atoms with Gasteiger partial charge in [-0.3, -0.25) is 9.59 Å². The topological polar surface area (TPSA) is 52.6 Å². The monoisotopic (exact) mass is 250 g/mol. The van der Waals surface area contributed by atoms with Crippen molar-refractivity contribution < 1.29 is 19.1 Å². The Bertz CT molecular complexity index is 409. The maximum Gasteiger partial charge on any atom is 0.307 e. The van der Waals surface area contributed by atoms with Crippen LogP contribution >= 0.6 is 0 Å². The van der Waals surface area contributed by atoms with E-state index in [1.807, 2.05) is 6.07 Å². The van der Waals surface area contributed by atoms with Crippen molar-refractivity contribution in [3.05, 3.63) is 35.9 Å². The van der Waals surface area contributed by atoms with Gasteiger partial charge < -0.3 is 9.47 Å². The van der Waals surface area contributed by atoms with Crippen molar-refractivity contribution in [2.75, 3.05) is 13.7 Å². The van der Waals surface area contributed by atoms with Crippen LogP contribution in [0.1, 0.15) is 30.6 Å². The molecule has 4 nitrogen and oxygen atoms in total. The van der Waals surface area contributed by atoms with Crippen LogP contribution < -0.4 is 0 Å². The molecule has 0 aliphatic carbocycles. The van der Waals surface area contributed by atoms with Crippen molar-refractivity contribution in [2.24, 2.45) is 0 Å². The fraction of sp³-hybridized carbons (Fsp3) is 0.429. The first-order valence-corrected chi connectivity index (χ1v) is 5.78. The van der Waals surface area contributed by atoms with Crippen LogP contribution in [-0.4, -0.2) is 31.1 Å². The van der Waals surface area contributed by atoms with Gasteiger partial charge in [0.25, 0.3) is 0 Å². The molecule has 1 aromatic rings. The van der Waals surface area contributed by atoms with E-state index in [2.05, 4.69) is 4.74 Å². The predicted octanol–water partition coefficient (Wildman–Crippen LogP) is 2.23. The highest BCUT2D eigenvalue weighted by Crippen LogP contribution is 2.17. The van der Waals surface area contributed by atoms with E-state index in [1.54, 1.807) is 38.1 Å². The van der Waals surface area contributed by atoms with Gasteiger partial charge in [-0.1, -0.05) is 30.3 Å². The molecule has 0 radical (unpaired) electrons. The second kappa shape index (κ2) is 6.31. The van der Waals surface area contributed by atoms with E-state index >= 15 is 0 Å². The molecule has 0 N–H and O–H groups in total. The van der Waals surface area contributed by atoms with Crippen molar-refractivity contribution in [1.29, 1.82) is 0 Å². The van der Waals surface area contributed by atoms with Gasteiger partial charge in [-0.05, 0) is 13.8 Å². The molecular weight excluding hydrogens is 232 g/mol. The third kappa shape index (κ3) is 3.96. The van der Waals surface area contributed by atoms with Gasteiger partial charge in [-0.2, -0.15) is 0 Å². The van der Waals surface area contributed by atoms with Crippen molar-refractivity contribution >= 4 is 11.8 Å². The van der Waals surface area contributed by atoms with Gasteiger partial charge in [0.05, 0.1) is 20.1 Å². The minimum atomic E-state index is -0.949. The van der Waals surface area contributed by atoms with Crippen molar-refractivity contribution in [3.8, 4) is 0 Å². The Balaban J connectivity index is 2.58. The van der Waals surface area contributed by atoms with E-state index in [0.29, 0.717) is 5.56 Å². The summed E-state index contributed by atoms with van der Waals surface area (Å²) in [4.78, 5) is 23.1. The molecule has 0 bridgehead atoms. The van der Waals surface area contributed by atoms with E-state index < -0.39 is 5.60 Å². The number of hydrogen-bond donors (Lipinski definition) is 0. The third-order valence-corrected chi connectivity index (χ3v) is 2.58. The molecular formula is C14H18O4. The molecule has 0 aliphatic heterocycles. The van der Waals surface area contributed by atoms with Gasteiger partial charge in [0.15, 0.2) is 5.78 Å². The molecule has 0 saturated carbocycles. The number of methoxy groups -OCH3 is 1. The standard InChI is InChI=1S/C14H18O4/c1-14(2,18-10-9-12(15)17-3)13(16)11-7-5-4-6-8-11/h4-8H,9-10H2,1-3H3. The number of benzene rings is 1. The Morgan fingerprint density at radius 1 is 1.17 bits per heavy atom. The normalized spacial score (nSPS) is 11.1. The Hall–Kier alpha value is -1.68. The van der Waals surface area contributed by atoms with E-state index in [4.69, 9.17) is 4.74 Å². The number of carbonyl (C=O) groups is 2. The fourth-order valence-corrected chi connectivity index (χ4v) is 1.49. The summed E-state index contributed by atoms with van der Waals surface area (Å²) in [6.45, 7) is 3.55. The maximum atomic E-state index is 12.2. The molecule has 0 heterocycles. The highest BCUT2D eigenvalue weighted by atomic mass is 16.5. The van der Waals surface area contributed by atoms with Crippen LogP contribution in [0.2, 0.25) is 0 Å². The van der Waals surface area contributed by atoms with Gasteiger partial charge in [-0.25, -0.2) is 0 Å². The summed E-state index contributed by atoms with van der Waals surface area (Å²) in [5, 5.41) is 0. The van der Waals surface area contributed by atoms with Crippen LogP contribution in [-0.2, 0) is 14.3 Å². The Morgan fingerprint density at radius 2 is 1.78 bits per heavy atom. The summed E-state index contributed by atoms with van der Waals surface area (Å²) in [5.41, 5.74) is -0.351. The van der Waals surface area contributed by atoms with Gasteiger partial charge in [0.1, 0.15) is 5.60 Å². The molecule has 0 amide bonds. The van der Waals surface area contributed by atoms with E-state index in [9.17, 15) is 9.59 Å². The number of Topliss-reactive ketones (excluding diaryl/α,β-unsaturated/α-hetero) is 1. The van der Waals surface area contributed by atoms with E-state index in [1.165, 1.54) is 7.11 Å². The zero-order chi connectivity index (χ0) is 13.6. The largest absolute Gasteiger partial charge is 0.469 e. The molecule has 0 saturated heterocycles. The maximum absolute atomic E-state index is 12.2. The molecule has 0 fully saturated rings. The Labute approximate surface area is 107 Å². The summed E-state index contributed by atoms with van der Waals surface area (Å²) in [6, 6.07) is 8.94. The van der Waals surface area contributed by atoms with Crippen molar-refractivity contribution in [1.82, 2.24) is 0 Å². The highest BCUT2D eigenvalue weighted by molar-refractivity contribution is 6.01. The SMILES string of the molecule is COC(=O)CCOC(C)(C)C(=O)c1ccccc1. The molecule has 1 rings (SSSR count). The highest BCUT2D eigenvalue weighted by Gasteiger charge is 2.29. The number of esters is 1. The minimum absolute atomic E-state index is 0.104. The van der Waals surface area contributed by atoms with Crippen LogP contribution in [0.15, 0.2) is 30.3 Å². The predicted molar refractivity (Wildman–Crippen MR) is 67.4 cm³/mol. The van der Waals surface area contributed by atoms with Crippen molar-refractivity contribution in [3.63, 3.8) is 0 Å². The lowest BCUT2D eigenvalue weighted by Crippen LogP contribution is -2.35. The van der Waals surface area contributed by atoms with Crippen LogP contribution in [0.25, 0.3) is 0 Å². The second-order valence-electron chi connectivity index (χ2n) is 4.38. The number of ether oxygens (including phenoxy) is 2. The summed E-state index contributed by atoms with van der Waals surface area (Å²) < 4.78 is 9.97. The molecule has 98 valence electrons. The number of carbonyl (C=O) groups excluding carboxylic acids is 2. The first-order valence-electron chi connectivity index (χ1n) is 5.78. The molecule has 18 heavy (non-hydrogen) atoms. The molecule has 0 aliphatic rings. The first-order chi connectivity index (χ1) is 8.47. The molecule has 4 heteroatoms. The van der Waals surface area contributed by atoms with E-state index in [0.717, 1.165) is 0 Å². The summed E-state index contributed by atoms with van der Waals surface area (Å²) in [5.74, 6) is -0.453. The minimum Gasteiger partial charge on any atom is -0.469 e. The summed E-state index contributed by atoms with van der Waals surface area (Å²) >= 11 is 0. The van der Waals surface area contributed by atoms with Crippen LogP contribution in [0.5, 0.6) is 0 Å². The van der Waals surface area contributed by atoms with E-state index in [-0.39, 0.29) is 24.8 Å². The summed E-state index contributed by atoms with van der Waals surface area (Å²) in [7, 11) is 1.32. The van der Waals surface area contributed by atoms with Gasteiger partial charge in [-0.15, -0.1) is 0 Å². The van der Waals surface area contributed by atoms with Crippen LogP contribution in [0.3, 0.4) is 0 Å². The molecule has 0 aromatic heterocycles. The average molecular weight is 250 g/mol. The average Bonchev–Trinajstić information content (AvgIpc) is 2.38. The Morgan fingerprint density at radius 3 is 2.33 bits per heavy atom. The zero-order valence-electron chi connectivity index (χ0n) is 10.9. The van der Waals surface area contributed by atoms with Crippen LogP contribution in [0, 0.1) is 0 Å². The second-order valence-corrected chi connectivity index (χ2v) is 4.38. The lowest BCUT2D eigenvalue weighted by molar-refractivity contribution is -0.142. The van der Waals surface area contributed by atoms with Gasteiger partial charge in [0.2, 0.25) is 0 Å².